The van der Waals surface area contributed by atoms with Crippen molar-refractivity contribution in [2.24, 2.45) is 12.0 Å². The fourth-order valence-electron chi connectivity index (χ4n) is 3.21. The van der Waals surface area contributed by atoms with Crippen LogP contribution >= 0.6 is 0 Å². The Bertz CT molecular complexity index is 771. The minimum absolute atomic E-state index is 0.0132. The molecule has 0 aliphatic carbocycles. The van der Waals surface area contributed by atoms with E-state index >= 15 is 0 Å². The van der Waals surface area contributed by atoms with Gasteiger partial charge in [0.25, 0.3) is 0 Å². The van der Waals surface area contributed by atoms with Crippen LogP contribution in [0, 0.1) is 6.92 Å². The van der Waals surface area contributed by atoms with E-state index < -0.39 is 0 Å². The Kier molecular flexibility index (Phi) is 5.78. The highest BCUT2D eigenvalue weighted by atomic mass is 16.5. The molecule has 0 radical (unpaired) electrons. The van der Waals surface area contributed by atoms with Gasteiger partial charge in [-0.1, -0.05) is 12.1 Å². The van der Waals surface area contributed by atoms with E-state index in [1.807, 2.05) is 32.6 Å². The molecule has 2 heterocycles. The van der Waals surface area contributed by atoms with Gasteiger partial charge < -0.3 is 19.7 Å². The quantitative estimate of drug-likeness (QED) is 0.669. The Hall–Kier alpha value is -2.54. The third-order valence-electron chi connectivity index (χ3n) is 4.58. The maximum atomic E-state index is 5.91. The molecule has 140 valence electrons. The summed E-state index contributed by atoms with van der Waals surface area (Å²) in [7, 11) is 5.43. The lowest BCUT2D eigenvalue weighted by Crippen LogP contribution is -2.47. The van der Waals surface area contributed by atoms with Gasteiger partial charge in [0.15, 0.2) is 5.96 Å². The number of hydrogen-bond acceptors (Lipinski definition) is 4. The molecular formula is C19H27N5O2. The zero-order valence-electron chi connectivity index (χ0n) is 15.9. The number of aliphatic imine (C=N–C) groups is 1. The van der Waals surface area contributed by atoms with Crippen molar-refractivity contribution in [2.75, 3.05) is 33.9 Å². The third kappa shape index (κ3) is 4.16. The van der Waals surface area contributed by atoms with Crippen LogP contribution in [0.15, 0.2) is 35.6 Å². The number of morpholine rings is 1. The molecule has 7 heteroatoms. The monoisotopic (exact) mass is 357 g/mol. The predicted molar refractivity (Wildman–Crippen MR) is 101 cm³/mol. The van der Waals surface area contributed by atoms with Gasteiger partial charge >= 0.3 is 0 Å². The smallest absolute Gasteiger partial charge is 0.194 e. The molecule has 1 saturated heterocycles. The van der Waals surface area contributed by atoms with Crippen LogP contribution in [0.4, 0.5) is 0 Å². The second-order valence-electron chi connectivity index (χ2n) is 6.46. The molecule has 1 unspecified atom stereocenters. The average molecular weight is 357 g/mol. The molecule has 7 nitrogen and oxygen atoms in total. The fraction of sp³-hybridized carbons (Fsp3) is 0.474. The number of nitrogens with zero attached hydrogens (tertiary/aromatic N) is 4. The summed E-state index contributed by atoms with van der Waals surface area (Å²) in [6, 6.07) is 6.21. The van der Waals surface area contributed by atoms with Crippen molar-refractivity contribution in [3.05, 3.63) is 47.3 Å². The van der Waals surface area contributed by atoms with Gasteiger partial charge in [0.05, 0.1) is 26.5 Å². The van der Waals surface area contributed by atoms with Crippen LogP contribution in [-0.2, 0) is 18.3 Å². The van der Waals surface area contributed by atoms with Gasteiger partial charge in [-0.3, -0.25) is 9.67 Å². The summed E-state index contributed by atoms with van der Waals surface area (Å²) >= 11 is 0. The number of guanidine groups is 1. The fourth-order valence-corrected chi connectivity index (χ4v) is 3.21. The second kappa shape index (κ2) is 8.23. The van der Waals surface area contributed by atoms with Crippen molar-refractivity contribution in [3.63, 3.8) is 0 Å². The summed E-state index contributed by atoms with van der Waals surface area (Å²) in [4.78, 5) is 6.68. The molecule has 1 aromatic heterocycles. The normalized spacial score (nSPS) is 18.1. The average Bonchev–Trinajstić information content (AvgIpc) is 3.09. The minimum atomic E-state index is 0.0132. The van der Waals surface area contributed by atoms with Crippen molar-refractivity contribution in [3.8, 4) is 5.75 Å². The first-order valence-electron chi connectivity index (χ1n) is 8.80. The van der Waals surface area contributed by atoms with Crippen molar-refractivity contribution >= 4 is 5.96 Å². The molecule has 1 aromatic carbocycles. The van der Waals surface area contributed by atoms with Gasteiger partial charge in [-0.15, -0.1) is 0 Å². The molecule has 1 aliphatic heterocycles. The maximum Gasteiger partial charge on any atom is 0.194 e. The van der Waals surface area contributed by atoms with Crippen LogP contribution in [0.2, 0.25) is 0 Å². The standard InChI is InChI=1S/C19H27N5O2/c1-14-9-15(5-6-17(14)25-4)10-21-19(20-2)24-7-8-26-18(13-24)16-11-22-23(3)12-16/h5-6,9,11-12,18H,7-8,10,13H2,1-4H3,(H,20,21). The number of rotatable bonds is 4. The first-order valence-corrected chi connectivity index (χ1v) is 8.80. The molecule has 26 heavy (non-hydrogen) atoms. The van der Waals surface area contributed by atoms with Gasteiger partial charge in [-0.2, -0.15) is 5.10 Å². The van der Waals surface area contributed by atoms with E-state index in [1.54, 1.807) is 11.8 Å². The van der Waals surface area contributed by atoms with Crippen LogP contribution in [-0.4, -0.2) is 54.5 Å². The number of ether oxygens (including phenoxy) is 2. The van der Waals surface area contributed by atoms with Gasteiger partial charge in [-0.25, -0.2) is 0 Å². The van der Waals surface area contributed by atoms with E-state index in [-0.39, 0.29) is 6.10 Å². The first kappa shape index (κ1) is 18.3. The Labute approximate surface area is 154 Å². The van der Waals surface area contributed by atoms with Crippen LogP contribution < -0.4 is 10.1 Å². The molecule has 1 fully saturated rings. The summed E-state index contributed by atoms with van der Waals surface area (Å²) in [6.45, 7) is 5.01. The van der Waals surface area contributed by atoms with Crippen LogP contribution in [0.1, 0.15) is 22.8 Å². The highest BCUT2D eigenvalue weighted by Crippen LogP contribution is 2.22. The van der Waals surface area contributed by atoms with E-state index in [0.29, 0.717) is 13.2 Å². The Morgan fingerprint density at radius 2 is 2.31 bits per heavy atom. The number of hydrogen-bond donors (Lipinski definition) is 1. The number of aromatic nitrogens is 2. The first-order chi connectivity index (χ1) is 12.6. The largest absolute Gasteiger partial charge is 0.496 e. The van der Waals surface area contributed by atoms with Crippen molar-refractivity contribution < 1.29 is 9.47 Å². The van der Waals surface area contributed by atoms with Crippen molar-refractivity contribution in [2.45, 2.75) is 19.6 Å². The van der Waals surface area contributed by atoms with E-state index in [9.17, 15) is 0 Å². The van der Waals surface area contributed by atoms with Crippen molar-refractivity contribution in [1.82, 2.24) is 20.0 Å². The number of nitrogens with one attached hydrogen (secondary N) is 1. The molecule has 0 spiro atoms. The van der Waals surface area contributed by atoms with Gasteiger partial charge in [0.1, 0.15) is 11.9 Å². The molecule has 0 amide bonds. The third-order valence-corrected chi connectivity index (χ3v) is 4.58. The molecule has 3 rings (SSSR count). The topological polar surface area (TPSA) is 63.9 Å². The van der Waals surface area contributed by atoms with Crippen LogP contribution in [0.5, 0.6) is 5.75 Å². The highest BCUT2D eigenvalue weighted by molar-refractivity contribution is 5.80. The lowest BCUT2D eigenvalue weighted by atomic mass is 10.1. The maximum absolute atomic E-state index is 5.91. The second-order valence-corrected chi connectivity index (χ2v) is 6.46. The molecule has 0 saturated carbocycles. The summed E-state index contributed by atoms with van der Waals surface area (Å²) in [5, 5.41) is 7.70. The molecular weight excluding hydrogens is 330 g/mol. The zero-order chi connectivity index (χ0) is 18.5. The van der Waals surface area contributed by atoms with Gasteiger partial charge in [0, 0.05) is 38.9 Å². The number of aryl methyl sites for hydroxylation is 2. The summed E-state index contributed by atoms with van der Waals surface area (Å²) in [5.74, 6) is 1.79. The van der Waals surface area contributed by atoms with Gasteiger partial charge in [-0.05, 0) is 24.1 Å². The zero-order valence-corrected chi connectivity index (χ0v) is 15.9. The van der Waals surface area contributed by atoms with Crippen LogP contribution in [0.3, 0.4) is 0 Å². The Morgan fingerprint density at radius 1 is 1.46 bits per heavy atom. The Morgan fingerprint density at radius 3 is 2.96 bits per heavy atom. The Balaban J connectivity index is 1.62. The molecule has 0 bridgehead atoms. The van der Waals surface area contributed by atoms with E-state index in [0.717, 1.165) is 35.9 Å². The van der Waals surface area contributed by atoms with E-state index in [4.69, 9.17) is 9.47 Å². The lowest BCUT2D eigenvalue weighted by molar-refractivity contribution is -0.00805. The SMILES string of the molecule is CN=C(NCc1ccc(OC)c(C)c1)N1CCOC(c2cnn(C)c2)C1. The minimum Gasteiger partial charge on any atom is -0.496 e. The number of methoxy groups -OCH3 is 1. The predicted octanol–water partition coefficient (Wildman–Crippen LogP) is 1.89. The summed E-state index contributed by atoms with van der Waals surface area (Å²) in [6.07, 6.45) is 3.88. The highest BCUT2D eigenvalue weighted by Gasteiger charge is 2.25. The molecule has 2 aromatic rings. The number of benzene rings is 1. The lowest BCUT2D eigenvalue weighted by Gasteiger charge is -2.34. The molecule has 1 aliphatic rings. The van der Waals surface area contributed by atoms with Gasteiger partial charge in [0.2, 0.25) is 0 Å². The van der Waals surface area contributed by atoms with E-state index in [1.165, 1.54) is 5.56 Å². The van der Waals surface area contributed by atoms with Crippen molar-refractivity contribution in [1.29, 1.82) is 0 Å². The summed E-state index contributed by atoms with van der Waals surface area (Å²) in [5.41, 5.74) is 3.42. The molecule has 1 atom stereocenters. The molecule has 1 N–H and O–H groups in total. The summed E-state index contributed by atoms with van der Waals surface area (Å²) < 4.78 is 13.0. The van der Waals surface area contributed by atoms with E-state index in [2.05, 4.69) is 39.4 Å². The van der Waals surface area contributed by atoms with Crippen LogP contribution in [0.25, 0.3) is 0 Å².